The van der Waals surface area contributed by atoms with Crippen molar-refractivity contribution < 1.29 is 0 Å². The maximum atomic E-state index is 4.80. The van der Waals surface area contributed by atoms with Gasteiger partial charge in [-0.15, -0.1) is 12.6 Å². The molecule has 0 bridgehead atoms. The largest absolute Gasteiger partial charge is 0.310 e. The van der Waals surface area contributed by atoms with Crippen molar-refractivity contribution in [2.24, 2.45) is 0 Å². The summed E-state index contributed by atoms with van der Waals surface area (Å²) >= 11 is 4.80. The second-order valence-corrected chi connectivity index (χ2v) is 17.2. The van der Waals surface area contributed by atoms with Crippen LogP contribution in [0.1, 0.15) is 59.7 Å². The van der Waals surface area contributed by atoms with Crippen molar-refractivity contribution in [3.8, 4) is 33.4 Å². The zero-order chi connectivity index (χ0) is 41.7. The molecule has 8 aromatic carbocycles. The van der Waals surface area contributed by atoms with Gasteiger partial charge < -0.3 is 4.90 Å². The van der Waals surface area contributed by atoms with Gasteiger partial charge in [-0.25, -0.2) is 0 Å². The van der Waals surface area contributed by atoms with Crippen LogP contribution in [0.2, 0.25) is 0 Å². The van der Waals surface area contributed by atoms with Crippen LogP contribution in [0.25, 0.3) is 39.0 Å². The van der Waals surface area contributed by atoms with Crippen molar-refractivity contribution in [2.75, 3.05) is 4.90 Å². The molecule has 0 saturated carbocycles. The first-order valence-corrected chi connectivity index (χ1v) is 21.6. The highest BCUT2D eigenvalue weighted by molar-refractivity contribution is 7.80. The Morgan fingerprint density at radius 2 is 0.967 bits per heavy atom. The van der Waals surface area contributed by atoms with Gasteiger partial charge >= 0.3 is 0 Å². The number of thiol groups is 1. The van der Waals surface area contributed by atoms with Gasteiger partial charge in [0.2, 0.25) is 0 Å². The smallest absolute Gasteiger partial charge is 0.0720 e. The molecule has 2 aliphatic carbocycles. The molecule has 0 radical (unpaired) electrons. The second kappa shape index (κ2) is 15.3. The van der Waals surface area contributed by atoms with E-state index in [-0.39, 0.29) is 5.41 Å². The van der Waals surface area contributed by atoms with E-state index >= 15 is 0 Å². The average molecular weight is 802 g/mol. The van der Waals surface area contributed by atoms with Gasteiger partial charge in [-0.05, 0) is 133 Å². The van der Waals surface area contributed by atoms with Crippen LogP contribution < -0.4 is 4.90 Å². The predicted octanol–water partition coefficient (Wildman–Crippen LogP) is 15.9. The summed E-state index contributed by atoms with van der Waals surface area (Å²) < 4.78 is 0. The van der Waals surface area contributed by atoms with Gasteiger partial charge in [0.25, 0.3) is 0 Å². The number of fused-ring (bicyclic) bond motifs is 9. The van der Waals surface area contributed by atoms with Crippen LogP contribution in [0.4, 0.5) is 17.1 Å². The third kappa shape index (κ3) is 6.25. The number of allylic oxidation sites excluding steroid dienone is 5. The van der Waals surface area contributed by atoms with E-state index in [4.69, 9.17) is 12.6 Å². The lowest BCUT2D eigenvalue weighted by molar-refractivity contribution is 0.563. The Hall–Kier alpha value is -6.87. The number of nitrogens with zero attached hydrogens (tertiary/aromatic N) is 1. The number of anilines is 3. The summed E-state index contributed by atoms with van der Waals surface area (Å²) in [6, 6.07) is 69.5. The van der Waals surface area contributed by atoms with Crippen molar-refractivity contribution in [3.05, 3.63) is 258 Å². The summed E-state index contributed by atoms with van der Waals surface area (Å²) in [7, 11) is 0. The molecule has 0 atom stereocenters. The van der Waals surface area contributed by atoms with E-state index in [1.54, 1.807) is 0 Å². The summed E-state index contributed by atoms with van der Waals surface area (Å²) in [6.07, 6.45) is 8.08. The molecule has 2 heteroatoms. The third-order valence-corrected chi connectivity index (χ3v) is 13.3. The summed E-state index contributed by atoms with van der Waals surface area (Å²) in [4.78, 5) is 3.32. The Morgan fingerprint density at radius 1 is 0.475 bits per heavy atom. The number of benzene rings is 8. The molecule has 8 aromatic rings. The van der Waals surface area contributed by atoms with Gasteiger partial charge in [-0.1, -0.05) is 184 Å². The first-order valence-electron chi connectivity index (χ1n) is 21.1. The van der Waals surface area contributed by atoms with Gasteiger partial charge in [0.15, 0.2) is 0 Å². The summed E-state index contributed by atoms with van der Waals surface area (Å²) in [6.45, 7) is 11.1. The molecule has 0 aromatic heterocycles. The van der Waals surface area contributed by atoms with Gasteiger partial charge in [0, 0.05) is 27.4 Å². The van der Waals surface area contributed by atoms with Gasteiger partial charge in [0.1, 0.15) is 0 Å². The topological polar surface area (TPSA) is 3.24 Å². The molecule has 1 nitrogen and oxygen atoms in total. The second-order valence-electron chi connectivity index (χ2n) is 16.7. The summed E-state index contributed by atoms with van der Waals surface area (Å²) in [5, 5.41) is 0. The SMILES string of the molecule is C=C(/C=C\C=C/C)c1cc(-c2ccc(N(c3ccc(-c4ccccc4)cc3)c3ccc4c(c3)C3(c5ccccc5-4)c4ccccc4C(C)(C)c4ccccc43)cc2)ccc1S. The van der Waals surface area contributed by atoms with Crippen molar-refractivity contribution in [1.29, 1.82) is 0 Å². The fourth-order valence-electron chi connectivity index (χ4n) is 10.0. The molecule has 0 amide bonds. The molecule has 2 aliphatic rings. The fraction of sp³-hybridized carbons (Fsp3) is 0.0847. The highest BCUT2D eigenvalue weighted by atomic mass is 32.1. The van der Waals surface area contributed by atoms with Crippen LogP contribution in [-0.2, 0) is 10.8 Å². The standard InChI is InChI=1S/C59H47NS/c1-5-6-8-17-40(2)50-38-44(30-37-57(50)61)43-28-33-46(34-29-43)60(45-31-26-42(27-32-45)41-18-9-7-10-19-41)47-35-36-49-48-20-11-12-21-51(48)59(56(49)39-47)54-24-15-13-22-52(54)58(3,4)53-23-14-16-25-55(53)59/h5-39,61H,2H2,1,3-4H3/b6-5-,17-8-. The maximum Gasteiger partial charge on any atom is 0.0720 e. The van der Waals surface area contributed by atoms with E-state index in [2.05, 4.69) is 213 Å². The zero-order valence-corrected chi connectivity index (χ0v) is 35.7. The van der Waals surface area contributed by atoms with Gasteiger partial charge in [-0.3, -0.25) is 0 Å². The van der Waals surface area contributed by atoms with E-state index < -0.39 is 5.41 Å². The lowest BCUT2D eigenvalue weighted by atomic mass is 9.55. The van der Waals surface area contributed by atoms with E-state index in [0.29, 0.717) is 0 Å². The molecule has 294 valence electrons. The van der Waals surface area contributed by atoms with Crippen molar-refractivity contribution in [3.63, 3.8) is 0 Å². The van der Waals surface area contributed by atoms with Crippen LogP contribution in [-0.4, -0.2) is 0 Å². The summed E-state index contributed by atoms with van der Waals surface area (Å²) in [5.74, 6) is 0. The fourth-order valence-corrected chi connectivity index (χ4v) is 10.3. The first-order chi connectivity index (χ1) is 29.8. The Bertz CT molecular complexity index is 2970. The Kier molecular flexibility index (Phi) is 9.62. The van der Waals surface area contributed by atoms with E-state index in [9.17, 15) is 0 Å². The minimum absolute atomic E-state index is 0.160. The number of hydrogen-bond donors (Lipinski definition) is 1. The van der Waals surface area contributed by atoms with Crippen LogP contribution in [0.3, 0.4) is 0 Å². The average Bonchev–Trinajstić information content (AvgIpc) is 3.59. The Labute approximate surface area is 366 Å². The van der Waals surface area contributed by atoms with Crippen molar-refractivity contribution in [2.45, 2.75) is 36.5 Å². The molecular formula is C59H47NS. The normalized spacial score (nSPS) is 14.1. The van der Waals surface area contributed by atoms with Gasteiger partial charge in [-0.2, -0.15) is 0 Å². The van der Waals surface area contributed by atoms with E-state index in [1.165, 1.54) is 55.6 Å². The molecule has 61 heavy (non-hydrogen) atoms. The highest BCUT2D eigenvalue weighted by Gasteiger charge is 2.53. The Morgan fingerprint density at radius 3 is 1.59 bits per heavy atom. The van der Waals surface area contributed by atoms with Crippen LogP contribution in [0.15, 0.2) is 224 Å². The van der Waals surface area contributed by atoms with E-state index in [0.717, 1.165) is 44.2 Å². The highest BCUT2D eigenvalue weighted by Crippen LogP contribution is 2.62. The maximum absolute atomic E-state index is 4.80. The van der Waals surface area contributed by atoms with E-state index in [1.807, 2.05) is 31.2 Å². The lowest BCUT2D eigenvalue weighted by Gasteiger charge is -2.46. The minimum Gasteiger partial charge on any atom is -0.310 e. The van der Waals surface area contributed by atoms with Gasteiger partial charge in [0.05, 0.1) is 5.41 Å². The zero-order valence-electron chi connectivity index (χ0n) is 34.8. The molecule has 0 aliphatic heterocycles. The predicted molar refractivity (Wildman–Crippen MR) is 262 cm³/mol. The summed E-state index contributed by atoms with van der Waals surface area (Å²) in [5.41, 5.74) is 19.9. The van der Waals surface area contributed by atoms with Crippen molar-refractivity contribution in [1.82, 2.24) is 0 Å². The molecule has 0 saturated heterocycles. The molecule has 0 unspecified atom stereocenters. The number of hydrogen-bond acceptors (Lipinski definition) is 2. The lowest BCUT2D eigenvalue weighted by Crippen LogP contribution is -2.40. The monoisotopic (exact) mass is 801 g/mol. The van der Waals surface area contributed by atoms with Crippen LogP contribution in [0, 0.1) is 0 Å². The molecule has 0 fully saturated rings. The van der Waals surface area contributed by atoms with Crippen molar-refractivity contribution >= 4 is 35.3 Å². The van der Waals surface area contributed by atoms with Crippen LogP contribution >= 0.6 is 12.6 Å². The molecule has 0 N–H and O–H groups in total. The molecular weight excluding hydrogens is 755 g/mol. The number of rotatable bonds is 8. The molecule has 1 spiro atoms. The quantitative estimate of drug-likeness (QED) is 0.118. The van der Waals surface area contributed by atoms with Crippen LogP contribution in [0.5, 0.6) is 0 Å². The first kappa shape index (κ1) is 38.3. The Balaban J connectivity index is 1.15. The molecule has 10 rings (SSSR count). The third-order valence-electron chi connectivity index (χ3n) is 12.9. The molecule has 0 heterocycles. The minimum atomic E-state index is -0.486.